The van der Waals surface area contributed by atoms with E-state index in [4.69, 9.17) is 5.73 Å². The molecule has 106 valence electrons. The van der Waals surface area contributed by atoms with Crippen LogP contribution in [-0.4, -0.2) is 37.3 Å². The highest BCUT2D eigenvalue weighted by molar-refractivity contribution is 9.10. The highest BCUT2D eigenvalue weighted by Crippen LogP contribution is 2.30. The number of benzene rings is 1. The number of rotatable bonds is 3. The lowest BCUT2D eigenvalue weighted by Crippen LogP contribution is -2.37. The maximum atomic E-state index is 13.9. The average molecular weight is 369 g/mol. The van der Waals surface area contributed by atoms with Crippen LogP contribution in [0.3, 0.4) is 0 Å². The van der Waals surface area contributed by atoms with Gasteiger partial charge in [0.15, 0.2) is 0 Å². The molecule has 2 rings (SSSR count). The normalized spacial score (nSPS) is 20.1. The standard InChI is InChI=1S/C11H14BrFN2O2S2/c1-15(7-2-3-18-6-7)19(16,17)11-5-10(14)8(12)4-9(11)13/h4-5,7H,2-3,6,14H2,1H3. The number of nitrogen functional groups attached to an aromatic ring is 1. The first kappa shape index (κ1) is 15.1. The number of anilines is 1. The molecule has 0 radical (unpaired) electrons. The number of sulfonamides is 1. The fourth-order valence-corrected chi connectivity index (χ4v) is 5.04. The molecule has 1 aliphatic rings. The van der Waals surface area contributed by atoms with Gasteiger partial charge in [0.1, 0.15) is 10.7 Å². The summed E-state index contributed by atoms with van der Waals surface area (Å²) in [6.45, 7) is 0. The number of nitrogens with two attached hydrogens (primary N) is 1. The third-order valence-electron chi connectivity index (χ3n) is 3.13. The van der Waals surface area contributed by atoms with Crippen LogP contribution >= 0.6 is 27.7 Å². The van der Waals surface area contributed by atoms with Crippen LogP contribution in [0, 0.1) is 5.82 Å². The molecule has 1 atom stereocenters. The molecule has 1 aromatic rings. The second-order valence-corrected chi connectivity index (χ2v) is 8.31. The first-order valence-electron chi connectivity index (χ1n) is 5.64. The molecule has 19 heavy (non-hydrogen) atoms. The first-order chi connectivity index (χ1) is 8.84. The number of nitrogens with zero attached hydrogens (tertiary/aromatic N) is 1. The molecule has 1 heterocycles. The van der Waals surface area contributed by atoms with Crippen molar-refractivity contribution in [1.82, 2.24) is 4.31 Å². The van der Waals surface area contributed by atoms with Gasteiger partial charge in [-0.25, -0.2) is 12.8 Å². The topological polar surface area (TPSA) is 63.4 Å². The van der Waals surface area contributed by atoms with Gasteiger partial charge in [-0.2, -0.15) is 16.1 Å². The van der Waals surface area contributed by atoms with Crippen molar-refractivity contribution < 1.29 is 12.8 Å². The zero-order valence-corrected chi connectivity index (χ0v) is 13.5. The minimum atomic E-state index is -3.85. The average Bonchev–Trinajstić information content (AvgIpc) is 2.86. The summed E-state index contributed by atoms with van der Waals surface area (Å²) in [5, 5.41) is 0. The van der Waals surface area contributed by atoms with Crippen LogP contribution in [0.1, 0.15) is 6.42 Å². The van der Waals surface area contributed by atoms with Crippen molar-refractivity contribution in [2.75, 3.05) is 24.3 Å². The van der Waals surface area contributed by atoms with Crippen molar-refractivity contribution in [2.45, 2.75) is 17.4 Å². The van der Waals surface area contributed by atoms with Gasteiger partial charge in [-0.15, -0.1) is 0 Å². The van der Waals surface area contributed by atoms with E-state index >= 15 is 0 Å². The van der Waals surface area contributed by atoms with E-state index in [0.717, 1.165) is 30.1 Å². The van der Waals surface area contributed by atoms with E-state index in [-0.39, 0.29) is 16.6 Å². The number of hydrogen-bond donors (Lipinski definition) is 1. The minimum absolute atomic E-state index is 0.0840. The Bertz CT molecular complexity index is 589. The van der Waals surface area contributed by atoms with Gasteiger partial charge in [0.05, 0.1) is 0 Å². The number of hydrogen-bond acceptors (Lipinski definition) is 4. The van der Waals surface area contributed by atoms with Crippen molar-refractivity contribution in [3.63, 3.8) is 0 Å². The molecule has 0 aliphatic carbocycles. The molecule has 4 nitrogen and oxygen atoms in total. The van der Waals surface area contributed by atoms with E-state index < -0.39 is 15.8 Å². The van der Waals surface area contributed by atoms with Gasteiger partial charge in [0, 0.05) is 29.0 Å². The van der Waals surface area contributed by atoms with Crippen LogP contribution in [0.25, 0.3) is 0 Å². The molecule has 2 N–H and O–H groups in total. The summed E-state index contributed by atoms with van der Waals surface area (Å²) in [5.74, 6) is 0.873. The van der Waals surface area contributed by atoms with Gasteiger partial charge >= 0.3 is 0 Å². The fraction of sp³-hybridized carbons (Fsp3) is 0.455. The largest absolute Gasteiger partial charge is 0.398 e. The minimum Gasteiger partial charge on any atom is -0.398 e. The van der Waals surface area contributed by atoms with Crippen LogP contribution in [0.2, 0.25) is 0 Å². The highest BCUT2D eigenvalue weighted by atomic mass is 79.9. The van der Waals surface area contributed by atoms with E-state index in [0.29, 0.717) is 4.47 Å². The van der Waals surface area contributed by atoms with Crippen LogP contribution in [0.4, 0.5) is 10.1 Å². The molecule has 1 aliphatic heterocycles. The summed E-state index contributed by atoms with van der Waals surface area (Å²) in [6.07, 6.45) is 0.786. The fourth-order valence-electron chi connectivity index (χ4n) is 1.90. The Morgan fingerprint density at radius 3 is 2.79 bits per heavy atom. The van der Waals surface area contributed by atoms with E-state index in [1.54, 1.807) is 11.8 Å². The van der Waals surface area contributed by atoms with E-state index in [9.17, 15) is 12.8 Å². The van der Waals surface area contributed by atoms with Crippen LogP contribution in [0.15, 0.2) is 21.5 Å². The lowest BCUT2D eigenvalue weighted by Gasteiger charge is -2.23. The van der Waals surface area contributed by atoms with Gasteiger partial charge in [-0.1, -0.05) is 0 Å². The highest BCUT2D eigenvalue weighted by Gasteiger charge is 2.32. The Labute approximate surface area is 124 Å². The lowest BCUT2D eigenvalue weighted by atomic mass is 10.3. The van der Waals surface area contributed by atoms with Gasteiger partial charge in [-0.3, -0.25) is 0 Å². The summed E-state index contributed by atoms with van der Waals surface area (Å²) in [6, 6.07) is 2.16. The maximum absolute atomic E-state index is 13.9. The molecule has 0 amide bonds. The summed E-state index contributed by atoms with van der Waals surface area (Å²) in [7, 11) is -2.36. The maximum Gasteiger partial charge on any atom is 0.246 e. The molecule has 0 saturated carbocycles. The Kier molecular flexibility index (Phi) is 4.44. The second kappa shape index (κ2) is 5.59. The zero-order chi connectivity index (χ0) is 14.2. The quantitative estimate of drug-likeness (QED) is 0.831. The number of halogens is 2. The molecule has 0 bridgehead atoms. The van der Waals surface area contributed by atoms with Crippen LogP contribution in [-0.2, 0) is 10.0 Å². The van der Waals surface area contributed by atoms with Crippen molar-refractivity contribution in [1.29, 1.82) is 0 Å². The first-order valence-corrected chi connectivity index (χ1v) is 9.03. The summed E-state index contributed by atoms with van der Waals surface area (Å²) < 4.78 is 40.3. The van der Waals surface area contributed by atoms with Crippen LogP contribution in [0.5, 0.6) is 0 Å². The van der Waals surface area contributed by atoms with Crippen molar-refractivity contribution in [2.24, 2.45) is 0 Å². The third-order valence-corrected chi connectivity index (χ3v) is 6.88. The molecule has 1 saturated heterocycles. The Balaban J connectivity index is 2.41. The summed E-state index contributed by atoms with van der Waals surface area (Å²) >= 11 is 4.77. The summed E-state index contributed by atoms with van der Waals surface area (Å²) in [5.41, 5.74) is 5.84. The SMILES string of the molecule is CN(C1CCSC1)S(=O)(=O)c1cc(N)c(Br)cc1F. The zero-order valence-electron chi connectivity index (χ0n) is 10.3. The van der Waals surface area contributed by atoms with Gasteiger partial charge in [0.25, 0.3) is 0 Å². The number of thioether (sulfide) groups is 1. The third kappa shape index (κ3) is 2.91. The molecule has 1 unspecified atom stereocenters. The molecule has 1 aromatic carbocycles. The summed E-state index contributed by atoms with van der Waals surface area (Å²) in [4.78, 5) is -0.368. The van der Waals surface area contributed by atoms with E-state index in [1.165, 1.54) is 11.4 Å². The van der Waals surface area contributed by atoms with Crippen molar-refractivity contribution >= 4 is 43.4 Å². The smallest absolute Gasteiger partial charge is 0.246 e. The van der Waals surface area contributed by atoms with E-state index in [2.05, 4.69) is 15.9 Å². The van der Waals surface area contributed by atoms with Crippen molar-refractivity contribution in [3.8, 4) is 0 Å². The molecule has 0 spiro atoms. The molecular formula is C11H14BrFN2O2S2. The monoisotopic (exact) mass is 368 g/mol. The lowest BCUT2D eigenvalue weighted by molar-refractivity contribution is 0.392. The van der Waals surface area contributed by atoms with Gasteiger partial charge in [-0.05, 0) is 40.2 Å². The predicted molar refractivity (Wildman–Crippen MR) is 79.2 cm³/mol. The Morgan fingerprint density at radius 1 is 1.53 bits per heavy atom. The Hall–Kier alpha value is -0.310. The second-order valence-electron chi connectivity index (χ2n) is 4.34. The van der Waals surface area contributed by atoms with Crippen molar-refractivity contribution in [3.05, 3.63) is 22.4 Å². The van der Waals surface area contributed by atoms with Gasteiger partial charge < -0.3 is 5.73 Å². The molecule has 0 aromatic heterocycles. The predicted octanol–water partition coefficient (Wildman–Crippen LogP) is 2.30. The Morgan fingerprint density at radius 2 is 2.21 bits per heavy atom. The molecular weight excluding hydrogens is 355 g/mol. The van der Waals surface area contributed by atoms with Gasteiger partial charge in [0.2, 0.25) is 10.0 Å². The van der Waals surface area contributed by atoms with E-state index in [1.807, 2.05) is 0 Å². The van der Waals surface area contributed by atoms with Crippen LogP contribution < -0.4 is 5.73 Å². The molecule has 8 heteroatoms. The molecule has 1 fully saturated rings.